The summed E-state index contributed by atoms with van der Waals surface area (Å²) in [5.74, 6) is 2.46. The van der Waals surface area contributed by atoms with Gasteiger partial charge in [-0.1, -0.05) is 133 Å². The van der Waals surface area contributed by atoms with Crippen molar-refractivity contribution in [2.24, 2.45) is 0 Å². The molecule has 0 aliphatic carbocycles. The first kappa shape index (κ1) is 32.1. The van der Waals surface area contributed by atoms with Crippen molar-refractivity contribution in [2.75, 3.05) is 0 Å². The van der Waals surface area contributed by atoms with Crippen molar-refractivity contribution in [1.29, 1.82) is 0 Å². The van der Waals surface area contributed by atoms with Crippen LogP contribution in [0.5, 0.6) is 0 Å². The van der Waals surface area contributed by atoms with Crippen LogP contribution in [-0.2, 0) is 0 Å². The van der Waals surface area contributed by atoms with E-state index in [-0.39, 0.29) is 0 Å². The molecule has 12 rings (SSSR count). The Labute approximate surface area is 333 Å². The number of fused-ring (bicyclic) bond motifs is 9. The van der Waals surface area contributed by atoms with Crippen LogP contribution in [0, 0.1) is 0 Å². The molecule has 6 nitrogen and oxygen atoms in total. The molecule has 0 bridgehead atoms. The summed E-state index contributed by atoms with van der Waals surface area (Å²) in [6.45, 7) is 0. The Hall–Kier alpha value is -7.13. The molecule has 0 saturated carbocycles. The average molecular weight is 766 g/mol. The van der Waals surface area contributed by atoms with Gasteiger partial charge in [0.15, 0.2) is 23.3 Å². The molecule has 0 unspecified atom stereocenters. The molecule has 57 heavy (non-hydrogen) atoms. The number of furan rings is 1. The largest absolute Gasteiger partial charge is 0.456 e. The molecule has 5 aromatic heterocycles. The van der Waals surface area contributed by atoms with E-state index < -0.39 is 0 Å². The molecule has 0 saturated heterocycles. The molecule has 266 valence electrons. The van der Waals surface area contributed by atoms with Crippen molar-refractivity contribution in [3.63, 3.8) is 0 Å². The molecule has 12 aromatic rings. The van der Waals surface area contributed by atoms with Gasteiger partial charge in [0.2, 0.25) is 0 Å². The van der Waals surface area contributed by atoms with Crippen molar-refractivity contribution in [3.05, 3.63) is 164 Å². The zero-order valence-corrected chi connectivity index (χ0v) is 31.7. The van der Waals surface area contributed by atoms with Crippen molar-refractivity contribution < 1.29 is 4.42 Å². The first-order valence-corrected chi connectivity index (χ1v) is 20.3. The van der Waals surface area contributed by atoms with Gasteiger partial charge in [-0.3, -0.25) is 0 Å². The fraction of sp³-hybridized carbons (Fsp3) is 0. The molecular formula is C49H27N5OS2. The van der Waals surface area contributed by atoms with Crippen LogP contribution in [0.3, 0.4) is 0 Å². The van der Waals surface area contributed by atoms with E-state index in [1.165, 1.54) is 20.2 Å². The van der Waals surface area contributed by atoms with Gasteiger partial charge in [0.05, 0.1) is 15.9 Å². The second-order valence-electron chi connectivity index (χ2n) is 14.0. The lowest BCUT2D eigenvalue weighted by molar-refractivity contribution is 0.669. The minimum atomic E-state index is 0.568. The van der Waals surface area contributed by atoms with Crippen LogP contribution >= 0.6 is 22.7 Å². The van der Waals surface area contributed by atoms with Crippen molar-refractivity contribution in [3.8, 4) is 56.8 Å². The number of aromatic nitrogens is 5. The normalized spacial score (nSPS) is 11.9. The third-order valence-corrected chi connectivity index (χ3v) is 12.9. The Balaban J connectivity index is 1.12. The second kappa shape index (κ2) is 12.7. The Bertz CT molecular complexity index is 3540. The SMILES string of the molecule is c1ccc(-c2nc(-c3ccc4c(c3)sc3ccccc34)nc(-c3cccc4oc5cccc(-c6nc(-c7ccccc7)nc7c6sc6ccccc67)c5c34)n2)cc1. The van der Waals surface area contributed by atoms with Crippen LogP contribution in [0.25, 0.3) is 119 Å². The van der Waals surface area contributed by atoms with Gasteiger partial charge in [0.1, 0.15) is 11.2 Å². The van der Waals surface area contributed by atoms with Crippen LogP contribution in [0.2, 0.25) is 0 Å². The lowest BCUT2D eigenvalue weighted by atomic mass is 9.99. The quantitative estimate of drug-likeness (QED) is 0.174. The minimum absolute atomic E-state index is 0.568. The van der Waals surface area contributed by atoms with Crippen LogP contribution < -0.4 is 0 Å². The minimum Gasteiger partial charge on any atom is -0.456 e. The second-order valence-corrected chi connectivity index (χ2v) is 16.1. The number of thiophene rings is 2. The highest BCUT2D eigenvalue weighted by molar-refractivity contribution is 7.26. The zero-order valence-electron chi connectivity index (χ0n) is 30.0. The smallest absolute Gasteiger partial charge is 0.164 e. The number of nitrogens with zero attached hydrogens (tertiary/aromatic N) is 5. The number of hydrogen-bond donors (Lipinski definition) is 0. The lowest BCUT2D eigenvalue weighted by Gasteiger charge is -2.11. The van der Waals surface area contributed by atoms with E-state index in [9.17, 15) is 0 Å². The van der Waals surface area contributed by atoms with E-state index in [0.717, 1.165) is 75.8 Å². The third-order valence-electron chi connectivity index (χ3n) is 10.6. The lowest BCUT2D eigenvalue weighted by Crippen LogP contribution is -2.00. The predicted molar refractivity (Wildman–Crippen MR) is 236 cm³/mol. The Morgan fingerprint density at radius 2 is 0.930 bits per heavy atom. The maximum Gasteiger partial charge on any atom is 0.164 e. The first-order chi connectivity index (χ1) is 28.2. The molecule has 0 N–H and O–H groups in total. The highest BCUT2D eigenvalue weighted by Crippen LogP contribution is 2.45. The predicted octanol–water partition coefficient (Wildman–Crippen LogP) is 13.6. The van der Waals surface area contributed by atoms with E-state index in [4.69, 9.17) is 29.3 Å². The highest BCUT2D eigenvalue weighted by Gasteiger charge is 2.23. The molecule has 0 amide bonds. The molecule has 7 aromatic carbocycles. The Kier molecular flexibility index (Phi) is 7.17. The molecule has 0 aliphatic heterocycles. The van der Waals surface area contributed by atoms with Gasteiger partial charge in [0.25, 0.3) is 0 Å². The van der Waals surface area contributed by atoms with Gasteiger partial charge < -0.3 is 4.42 Å². The summed E-state index contributed by atoms with van der Waals surface area (Å²) in [6.07, 6.45) is 0. The first-order valence-electron chi connectivity index (χ1n) is 18.7. The molecule has 5 heterocycles. The summed E-state index contributed by atoms with van der Waals surface area (Å²) in [5, 5.41) is 5.48. The number of hydrogen-bond acceptors (Lipinski definition) is 8. The fourth-order valence-electron chi connectivity index (χ4n) is 7.95. The topological polar surface area (TPSA) is 77.6 Å². The maximum atomic E-state index is 6.66. The summed E-state index contributed by atoms with van der Waals surface area (Å²) >= 11 is 3.50. The monoisotopic (exact) mass is 765 g/mol. The van der Waals surface area contributed by atoms with Crippen LogP contribution in [0.15, 0.2) is 168 Å². The molecule has 0 spiro atoms. The molecule has 0 fully saturated rings. The van der Waals surface area contributed by atoms with Gasteiger partial charge in [-0.25, -0.2) is 24.9 Å². The van der Waals surface area contributed by atoms with E-state index in [1.807, 2.05) is 72.8 Å². The van der Waals surface area contributed by atoms with Gasteiger partial charge in [0, 0.05) is 68.8 Å². The van der Waals surface area contributed by atoms with Crippen molar-refractivity contribution in [1.82, 2.24) is 24.9 Å². The summed E-state index contributed by atoms with van der Waals surface area (Å²) < 4.78 is 11.3. The molecule has 0 atom stereocenters. The molecule has 0 radical (unpaired) electrons. The van der Waals surface area contributed by atoms with E-state index in [1.54, 1.807) is 22.7 Å². The highest BCUT2D eigenvalue weighted by atomic mass is 32.1. The summed E-state index contributed by atoms with van der Waals surface area (Å²) in [4.78, 5) is 26.0. The summed E-state index contributed by atoms with van der Waals surface area (Å²) in [6, 6.07) is 56.1. The van der Waals surface area contributed by atoms with Crippen molar-refractivity contribution >= 4 is 85.1 Å². The summed E-state index contributed by atoms with van der Waals surface area (Å²) in [7, 11) is 0. The number of rotatable bonds is 5. The van der Waals surface area contributed by atoms with Gasteiger partial charge in [-0.05, 0) is 30.3 Å². The molecule has 0 aliphatic rings. The Morgan fingerprint density at radius 3 is 1.67 bits per heavy atom. The fourth-order valence-corrected chi connectivity index (χ4v) is 10.2. The van der Waals surface area contributed by atoms with Crippen LogP contribution in [0.1, 0.15) is 0 Å². The van der Waals surface area contributed by atoms with Gasteiger partial charge in [-0.2, -0.15) is 0 Å². The van der Waals surface area contributed by atoms with E-state index in [2.05, 4.69) is 91.0 Å². The van der Waals surface area contributed by atoms with Gasteiger partial charge in [-0.15, -0.1) is 22.7 Å². The molecular weight excluding hydrogens is 739 g/mol. The zero-order chi connectivity index (χ0) is 37.5. The average Bonchev–Trinajstić information content (AvgIpc) is 3.97. The van der Waals surface area contributed by atoms with Gasteiger partial charge >= 0.3 is 0 Å². The number of benzene rings is 7. The van der Waals surface area contributed by atoms with Crippen molar-refractivity contribution in [2.45, 2.75) is 0 Å². The third kappa shape index (κ3) is 5.19. The van der Waals surface area contributed by atoms with Crippen LogP contribution in [0.4, 0.5) is 0 Å². The summed E-state index contributed by atoms with van der Waals surface area (Å²) in [5.41, 5.74) is 7.93. The van der Waals surface area contributed by atoms with E-state index in [0.29, 0.717) is 23.3 Å². The van der Waals surface area contributed by atoms with Crippen LogP contribution in [-0.4, -0.2) is 24.9 Å². The molecule has 8 heteroatoms. The maximum absolute atomic E-state index is 6.66. The Morgan fingerprint density at radius 1 is 0.368 bits per heavy atom. The van der Waals surface area contributed by atoms with E-state index >= 15 is 0 Å². The standard InChI is InChI=1S/C49H27N5OS2/c1-3-13-28(14-4-1)46-50-43-33-18-8-10-24-39(33)57-45(43)44(51-46)34-19-11-21-36-41(34)42-35(20-12-22-37(42)55-36)49-53-47(29-15-5-2-6-16-29)52-48(54-49)30-25-26-32-31-17-7-9-23-38(31)56-40(32)27-30/h1-27H.